The van der Waals surface area contributed by atoms with Crippen LogP contribution in [0.5, 0.6) is 0 Å². The molecule has 0 spiro atoms. The summed E-state index contributed by atoms with van der Waals surface area (Å²) in [7, 11) is 0. The van der Waals surface area contributed by atoms with Gasteiger partial charge in [0.1, 0.15) is 0 Å². The minimum Gasteiger partial charge on any atom is -0.399 e. The Morgan fingerprint density at radius 3 is 2.68 bits per heavy atom. The predicted octanol–water partition coefficient (Wildman–Crippen LogP) is 2.48. The smallest absolute Gasteiger partial charge is 0.399 e. The van der Waals surface area contributed by atoms with Crippen LogP contribution in [0.3, 0.4) is 0 Å². The second kappa shape index (κ2) is 3.92. The van der Waals surface area contributed by atoms with E-state index in [-0.39, 0.29) is 5.13 Å². The van der Waals surface area contributed by atoms with E-state index in [9.17, 15) is 13.2 Å². The lowest BCUT2D eigenvalue weighted by atomic mass is 10.2. The molecule has 0 atom stereocenters. The van der Waals surface area contributed by atoms with E-state index in [4.69, 9.17) is 5.73 Å². The van der Waals surface area contributed by atoms with Crippen molar-refractivity contribution in [2.45, 2.75) is 6.18 Å². The highest BCUT2D eigenvalue weighted by Crippen LogP contribution is 2.33. The molecule has 1 aromatic carbocycles. The van der Waals surface area contributed by atoms with Crippen LogP contribution >= 0.6 is 11.3 Å². The van der Waals surface area contributed by atoms with Gasteiger partial charge in [0.05, 0.1) is 11.7 Å². The lowest BCUT2D eigenvalue weighted by Gasteiger charge is -1.99. The number of nitrogen functional groups attached to an aromatic ring is 1. The molecule has 0 bridgehead atoms. The molecule has 5 nitrogen and oxygen atoms in total. The number of alkyl halides is 3. The van der Waals surface area contributed by atoms with Crippen LogP contribution < -0.4 is 5.73 Å². The monoisotopic (exact) mass is 285 g/mol. The molecule has 0 saturated heterocycles. The van der Waals surface area contributed by atoms with Crippen molar-refractivity contribution in [2.75, 3.05) is 5.73 Å². The Hall–Kier alpha value is -2.16. The molecule has 3 rings (SSSR count). The summed E-state index contributed by atoms with van der Waals surface area (Å²) >= 11 is 0.431. The summed E-state index contributed by atoms with van der Waals surface area (Å²) in [5, 5.41) is 10.4. The number of hydrogen-bond acceptors (Lipinski definition) is 5. The largest absolute Gasteiger partial charge is 0.445 e. The van der Waals surface area contributed by atoms with Crippen molar-refractivity contribution in [3.8, 4) is 5.13 Å². The van der Waals surface area contributed by atoms with Gasteiger partial charge >= 0.3 is 6.18 Å². The van der Waals surface area contributed by atoms with E-state index in [1.165, 1.54) is 10.9 Å². The molecule has 2 aromatic heterocycles. The van der Waals surface area contributed by atoms with Crippen molar-refractivity contribution in [1.82, 2.24) is 20.0 Å². The van der Waals surface area contributed by atoms with Crippen LogP contribution in [0.15, 0.2) is 24.4 Å². The number of nitrogens with two attached hydrogens (primary N) is 1. The number of benzene rings is 1. The summed E-state index contributed by atoms with van der Waals surface area (Å²) in [5.74, 6) is 0. The second-order valence-corrected chi connectivity index (χ2v) is 4.72. The van der Waals surface area contributed by atoms with E-state index in [1.807, 2.05) is 0 Å². The Labute approximate surface area is 108 Å². The predicted molar refractivity (Wildman–Crippen MR) is 64.0 cm³/mol. The first-order valence-corrected chi connectivity index (χ1v) is 5.91. The van der Waals surface area contributed by atoms with Gasteiger partial charge < -0.3 is 5.73 Å². The van der Waals surface area contributed by atoms with Crippen molar-refractivity contribution in [3.63, 3.8) is 0 Å². The molecule has 0 aliphatic carbocycles. The van der Waals surface area contributed by atoms with E-state index >= 15 is 0 Å². The van der Waals surface area contributed by atoms with Crippen molar-refractivity contribution >= 4 is 27.9 Å². The van der Waals surface area contributed by atoms with Crippen LogP contribution in [0.25, 0.3) is 16.0 Å². The summed E-state index contributed by atoms with van der Waals surface area (Å²) in [6.07, 6.45) is -2.97. The maximum absolute atomic E-state index is 12.5. The first kappa shape index (κ1) is 11.9. The quantitative estimate of drug-likeness (QED) is 0.697. The first-order chi connectivity index (χ1) is 8.95. The van der Waals surface area contributed by atoms with Crippen molar-refractivity contribution in [3.05, 3.63) is 29.4 Å². The standard InChI is InChI=1S/C10H6F3N5S/c11-10(12,13)8-16-17-9(19-8)18-7-3-6(14)2-1-5(7)4-15-18/h1-4H,14H2. The Morgan fingerprint density at radius 2 is 2.00 bits per heavy atom. The summed E-state index contributed by atoms with van der Waals surface area (Å²) in [6.45, 7) is 0. The van der Waals surface area contributed by atoms with Gasteiger partial charge in [0.2, 0.25) is 10.1 Å². The highest BCUT2D eigenvalue weighted by atomic mass is 32.1. The summed E-state index contributed by atoms with van der Waals surface area (Å²) in [5.41, 5.74) is 6.73. The number of anilines is 1. The Morgan fingerprint density at radius 1 is 1.21 bits per heavy atom. The third-order valence-corrected chi connectivity index (χ3v) is 3.38. The van der Waals surface area contributed by atoms with Crippen molar-refractivity contribution < 1.29 is 13.2 Å². The van der Waals surface area contributed by atoms with Crippen LogP contribution in [0.1, 0.15) is 5.01 Å². The average Bonchev–Trinajstić information content (AvgIpc) is 2.92. The van der Waals surface area contributed by atoms with Crippen LogP contribution in [0.2, 0.25) is 0 Å². The summed E-state index contributed by atoms with van der Waals surface area (Å²) < 4.78 is 38.7. The minimum atomic E-state index is -4.50. The normalized spacial score (nSPS) is 12.2. The topological polar surface area (TPSA) is 69.6 Å². The second-order valence-electron chi connectivity index (χ2n) is 3.76. The lowest BCUT2D eigenvalue weighted by molar-refractivity contribution is -0.138. The van der Waals surface area contributed by atoms with Crippen LogP contribution in [-0.4, -0.2) is 20.0 Å². The van der Waals surface area contributed by atoms with Gasteiger partial charge in [0.25, 0.3) is 0 Å². The van der Waals surface area contributed by atoms with Gasteiger partial charge in [-0.1, -0.05) is 11.3 Å². The van der Waals surface area contributed by atoms with E-state index in [0.717, 1.165) is 5.39 Å². The molecular formula is C10H6F3N5S. The van der Waals surface area contributed by atoms with Gasteiger partial charge in [-0.05, 0) is 18.2 Å². The first-order valence-electron chi connectivity index (χ1n) is 5.09. The molecule has 0 fully saturated rings. The number of fused-ring (bicyclic) bond motifs is 1. The van der Waals surface area contributed by atoms with Crippen LogP contribution in [0, 0.1) is 0 Å². The molecule has 2 N–H and O–H groups in total. The maximum atomic E-state index is 12.5. The van der Waals surface area contributed by atoms with Gasteiger partial charge in [0, 0.05) is 11.1 Å². The number of hydrogen-bond donors (Lipinski definition) is 1. The molecule has 0 aliphatic rings. The number of halogens is 3. The number of nitrogens with zero attached hydrogens (tertiary/aromatic N) is 4. The molecule has 0 aliphatic heterocycles. The molecule has 19 heavy (non-hydrogen) atoms. The Balaban J connectivity index is 2.14. The maximum Gasteiger partial charge on any atom is 0.445 e. The molecule has 3 aromatic rings. The number of aromatic nitrogens is 4. The molecule has 98 valence electrons. The fraction of sp³-hybridized carbons (Fsp3) is 0.100. The highest BCUT2D eigenvalue weighted by Gasteiger charge is 2.36. The molecule has 0 saturated carbocycles. The lowest BCUT2D eigenvalue weighted by Crippen LogP contribution is -2.03. The minimum absolute atomic E-state index is 0.0490. The Bertz CT molecular complexity index is 745. The summed E-state index contributed by atoms with van der Waals surface area (Å²) in [6, 6.07) is 5.05. The third kappa shape index (κ3) is 2.01. The fourth-order valence-corrected chi connectivity index (χ4v) is 2.29. The van der Waals surface area contributed by atoms with Crippen molar-refractivity contribution in [1.29, 1.82) is 0 Å². The zero-order valence-corrected chi connectivity index (χ0v) is 10.0. The molecule has 0 amide bonds. The van der Waals surface area contributed by atoms with Gasteiger partial charge in [-0.25, -0.2) is 4.68 Å². The molecule has 2 heterocycles. The van der Waals surface area contributed by atoms with Gasteiger partial charge in [0.15, 0.2) is 0 Å². The molecular weight excluding hydrogens is 279 g/mol. The number of rotatable bonds is 1. The zero-order valence-electron chi connectivity index (χ0n) is 9.22. The van der Waals surface area contributed by atoms with Gasteiger partial charge in [-0.3, -0.25) is 0 Å². The van der Waals surface area contributed by atoms with E-state index in [1.54, 1.807) is 18.2 Å². The highest BCUT2D eigenvalue weighted by molar-refractivity contribution is 7.13. The van der Waals surface area contributed by atoms with E-state index in [0.29, 0.717) is 22.5 Å². The van der Waals surface area contributed by atoms with E-state index < -0.39 is 11.2 Å². The van der Waals surface area contributed by atoms with Crippen molar-refractivity contribution in [2.24, 2.45) is 0 Å². The Kier molecular flexibility index (Phi) is 2.45. The van der Waals surface area contributed by atoms with Gasteiger partial charge in [-0.15, -0.1) is 10.2 Å². The third-order valence-electron chi connectivity index (χ3n) is 2.43. The molecule has 9 heteroatoms. The molecule has 0 unspecified atom stereocenters. The summed E-state index contributed by atoms with van der Waals surface area (Å²) in [4.78, 5) is 0. The van der Waals surface area contributed by atoms with Crippen LogP contribution in [0.4, 0.5) is 18.9 Å². The zero-order chi connectivity index (χ0) is 13.6. The van der Waals surface area contributed by atoms with Gasteiger partial charge in [-0.2, -0.15) is 18.3 Å². The molecule has 0 radical (unpaired) electrons. The SMILES string of the molecule is Nc1ccc2cnn(-c3nnc(C(F)(F)F)s3)c2c1. The van der Waals surface area contributed by atoms with Crippen LogP contribution in [-0.2, 0) is 6.18 Å². The average molecular weight is 285 g/mol. The van der Waals surface area contributed by atoms with E-state index in [2.05, 4.69) is 15.3 Å². The fourth-order valence-electron chi connectivity index (χ4n) is 1.60.